The summed E-state index contributed by atoms with van der Waals surface area (Å²) in [4.78, 5) is 4.24. The average Bonchev–Trinajstić information content (AvgIpc) is 2.39. The molecule has 0 aliphatic carbocycles. The minimum absolute atomic E-state index is 0.695. The van der Waals surface area contributed by atoms with Gasteiger partial charge in [0.2, 0.25) is 0 Å². The highest BCUT2D eigenvalue weighted by molar-refractivity contribution is 5.78. The van der Waals surface area contributed by atoms with Gasteiger partial charge in [-0.1, -0.05) is 6.07 Å². The molecule has 0 spiro atoms. The molecule has 0 saturated carbocycles. The number of aromatic nitrogens is 1. The van der Waals surface area contributed by atoms with E-state index in [1.165, 1.54) is 0 Å². The van der Waals surface area contributed by atoms with Crippen LogP contribution in [0.1, 0.15) is 17.0 Å². The summed E-state index contributed by atoms with van der Waals surface area (Å²) >= 11 is 0. The third-order valence-corrected chi connectivity index (χ3v) is 2.01. The van der Waals surface area contributed by atoms with E-state index in [1.54, 1.807) is 0 Å². The second-order valence-corrected chi connectivity index (χ2v) is 2.94. The van der Waals surface area contributed by atoms with Crippen LogP contribution in [0.5, 0.6) is 0 Å². The Bertz CT molecular complexity index is 429. The number of fused-ring (bicyclic) bond motifs is 1. The van der Waals surface area contributed by atoms with Crippen molar-refractivity contribution in [3.8, 4) is 0 Å². The topological polar surface area (TPSA) is 26.0 Å². The summed E-state index contributed by atoms with van der Waals surface area (Å²) in [6, 6.07) is 3.93. The smallest absolute Gasteiger partial charge is 0.192 e. The van der Waals surface area contributed by atoms with Crippen LogP contribution in [0.15, 0.2) is 16.5 Å². The fourth-order valence-electron chi connectivity index (χ4n) is 1.26. The Morgan fingerprint density at radius 3 is 2.83 bits per heavy atom. The molecule has 0 atom stereocenters. The molecule has 12 heavy (non-hydrogen) atoms. The van der Waals surface area contributed by atoms with Crippen LogP contribution in [-0.4, -0.2) is 4.98 Å². The van der Waals surface area contributed by atoms with Crippen LogP contribution in [0.25, 0.3) is 11.1 Å². The Kier molecular flexibility index (Phi) is 1.43. The lowest BCUT2D eigenvalue weighted by atomic mass is 10.1. The molecule has 1 aromatic heterocycles. The Morgan fingerprint density at radius 2 is 2.08 bits per heavy atom. The number of hydrogen-bond acceptors (Lipinski definition) is 2. The Labute approximate surface area is 71.2 Å². The number of oxazole rings is 1. The monoisotopic (exact) mass is 160 g/mol. The van der Waals surface area contributed by atoms with Crippen molar-refractivity contribution in [2.75, 3.05) is 0 Å². The minimum Gasteiger partial charge on any atom is -0.441 e. The molecule has 2 rings (SSSR count). The van der Waals surface area contributed by atoms with Crippen molar-refractivity contribution >= 4 is 11.1 Å². The molecule has 2 heteroatoms. The lowest BCUT2D eigenvalue weighted by Crippen LogP contribution is -1.81. The van der Waals surface area contributed by atoms with E-state index in [1.807, 2.05) is 26.0 Å². The highest BCUT2D eigenvalue weighted by Crippen LogP contribution is 2.21. The van der Waals surface area contributed by atoms with Crippen LogP contribution in [0.3, 0.4) is 0 Å². The van der Waals surface area contributed by atoms with E-state index >= 15 is 0 Å². The molecule has 0 fully saturated rings. The number of aryl methyl sites for hydroxylation is 2. The predicted molar refractivity (Wildman–Crippen MR) is 47.9 cm³/mol. The zero-order valence-corrected chi connectivity index (χ0v) is 7.22. The first-order valence-corrected chi connectivity index (χ1v) is 3.87. The fraction of sp³-hybridized carbons (Fsp3) is 0.200. The van der Waals surface area contributed by atoms with Gasteiger partial charge in [-0.3, -0.25) is 0 Å². The Balaban J connectivity index is 2.89. The summed E-state index contributed by atoms with van der Waals surface area (Å²) < 4.78 is 5.35. The molecule has 2 nitrogen and oxygen atoms in total. The maximum absolute atomic E-state index is 5.35. The van der Waals surface area contributed by atoms with Gasteiger partial charge >= 0.3 is 0 Å². The third-order valence-electron chi connectivity index (χ3n) is 2.01. The van der Waals surface area contributed by atoms with Gasteiger partial charge in [-0.2, -0.15) is 0 Å². The lowest BCUT2D eigenvalue weighted by Gasteiger charge is -1.96. The van der Waals surface area contributed by atoms with Gasteiger partial charge in [0, 0.05) is 6.92 Å². The zero-order chi connectivity index (χ0) is 8.72. The van der Waals surface area contributed by atoms with Gasteiger partial charge in [0.15, 0.2) is 11.5 Å². The molecular weight excluding hydrogens is 150 g/mol. The maximum Gasteiger partial charge on any atom is 0.192 e. The highest BCUT2D eigenvalue weighted by atomic mass is 16.3. The van der Waals surface area contributed by atoms with E-state index in [0.717, 1.165) is 22.2 Å². The van der Waals surface area contributed by atoms with Gasteiger partial charge in [-0.05, 0) is 31.0 Å². The first-order chi connectivity index (χ1) is 5.68. The Morgan fingerprint density at radius 1 is 1.33 bits per heavy atom. The van der Waals surface area contributed by atoms with Crippen molar-refractivity contribution in [1.29, 1.82) is 0 Å². The summed E-state index contributed by atoms with van der Waals surface area (Å²) in [5.74, 6) is 0.695. The van der Waals surface area contributed by atoms with Gasteiger partial charge in [-0.25, -0.2) is 4.98 Å². The molecule has 0 N–H and O–H groups in total. The van der Waals surface area contributed by atoms with Crippen LogP contribution in [0, 0.1) is 20.8 Å². The van der Waals surface area contributed by atoms with Crippen molar-refractivity contribution in [1.82, 2.24) is 4.98 Å². The van der Waals surface area contributed by atoms with E-state index in [-0.39, 0.29) is 0 Å². The lowest BCUT2D eigenvalue weighted by molar-refractivity contribution is 0.561. The van der Waals surface area contributed by atoms with Gasteiger partial charge in [0.05, 0.1) is 0 Å². The first-order valence-electron chi connectivity index (χ1n) is 3.87. The normalized spacial score (nSPS) is 10.9. The fourth-order valence-corrected chi connectivity index (χ4v) is 1.26. The molecule has 0 saturated heterocycles. The standard InChI is InChI=1S/C10H10NO/c1-6-4-5-9-10(7(6)2)11-8(3)12-9/h4-5H,2H2,1,3H3. The van der Waals surface area contributed by atoms with Crippen molar-refractivity contribution < 1.29 is 4.42 Å². The van der Waals surface area contributed by atoms with E-state index in [4.69, 9.17) is 4.42 Å². The van der Waals surface area contributed by atoms with Crippen LogP contribution >= 0.6 is 0 Å². The molecule has 61 valence electrons. The van der Waals surface area contributed by atoms with Crippen molar-refractivity contribution in [3.63, 3.8) is 0 Å². The van der Waals surface area contributed by atoms with E-state index < -0.39 is 0 Å². The molecule has 0 bridgehead atoms. The van der Waals surface area contributed by atoms with Gasteiger partial charge < -0.3 is 4.42 Å². The molecule has 0 unspecified atom stereocenters. The van der Waals surface area contributed by atoms with Crippen LogP contribution in [0.2, 0.25) is 0 Å². The van der Waals surface area contributed by atoms with Crippen LogP contribution in [-0.2, 0) is 0 Å². The van der Waals surface area contributed by atoms with Crippen molar-refractivity contribution in [2.45, 2.75) is 13.8 Å². The molecule has 0 aliphatic heterocycles. The largest absolute Gasteiger partial charge is 0.441 e. The molecule has 1 heterocycles. The zero-order valence-electron chi connectivity index (χ0n) is 7.22. The molecule has 1 aromatic carbocycles. The quantitative estimate of drug-likeness (QED) is 0.592. The van der Waals surface area contributed by atoms with Crippen LogP contribution < -0.4 is 0 Å². The number of nitrogens with zero attached hydrogens (tertiary/aromatic N) is 1. The third kappa shape index (κ3) is 0.916. The highest BCUT2D eigenvalue weighted by Gasteiger charge is 2.05. The second kappa shape index (κ2) is 2.34. The van der Waals surface area contributed by atoms with Gasteiger partial charge in [0.1, 0.15) is 5.52 Å². The SMILES string of the molecule is [CH2]c1c(C)ccc2oc(C)nc12. The molecule has 0 amide bonds. The summed E-state index contributed by atoms with van der Waals surface area (Å²) in [6.07, 6.45) is 0. The molecule has 1 radical (unpaired) electrons. The minimum atomic E-state index is 0.695. The average molecular weight is 160 g/mol. The van der Waals surface area contributed by atoms with E-state index in [2.05, 4.69) is 11.9 Å². The van der Waals surface area contributed by atoms with Gasteiger partial charge in [-0.15, -0.1) is 0 Å². The summed E-state index contributed by atoms with van der Waals surface area (Å²) in [7, 11) is 0. The molecule has 2 aromatic rings. The summed E-state index contributed by atoms with van der Waals surface area (Å²) in [5.41, 5.74) is 3.82. The maximum atomic E-state index is 5.35. The van der Waals surface area contributed by atoms with E-state index in [0.29, 0.717) is 5.89 Å². The van der Waals surface area contributed by atoms with Gasteiger partial charge in [0.25, 0.3) is 0 Å². The summed E-state index contributed by atoms with van der Waals surface area (Å²) in [5, 5.41) is 0. The number of rotatable bonds is 0. The van der Waals surface area contributed by atoms with Crippen molar-refractivity contribution in [3.05, 3.63) is 36.1 Å². The first kappa shape index (κ1) is 7.35. The summed E-state index contributed by atoms with van der Waals surface area (Å²) in [6.45, 7) is 7.80. The number of benzene rings is 1. The van der Waals surface area contributed by atoms with Crippen LogP contribution in [0.4, 0.5) is 0 Å². The molecule has 0 aliphatic rings. The molecular formula is C10H10NO. The number of hydrogen-bond donors (Lipinski definition) is 0. The predicted octanol–water partition coefficient (Wildman–Crippen LogP) is 2.63. The van der Waals surface area contributed by atoms with E-state index in [9.17, 15) is 0 Å². The van der Waals surface area contributed by atoms with Crippen molar-refractivity contribution in [2.24, 2.45) is 0 Å². The Hall–Kier alpha value is -1.31. The second-order valence-electron chi connectivity index (χ2n) is 2.94.